The van der Waals surface area contributed by atoms with Gasteiger partial charge in [-0.25, -0.2) is 4.68 Å². The van der Waals surface area contributed by atoms with E-state index in [2.05, 4.69) is 16.8 Å². The average molecular weight is 252 g/mol. The number of hydrogen-bond acceptors (Lipinski definition) is 3. The molecular formula is C15H16N4. The molecule has 0 aliphatic rings. The summed E-state index contributed by atoms with van der Waals surface area (Å²) < 4.78 is 1.50. The highest BCUT2D eigenvalue weighted by molar-refractivity contribution is 5.64. The normalized spacial score (nSPS) is 11.9. The molecular weight excluding hydrogens is 236 g/mol. The molecule has 0 saturated carbocycles. The van der Waals surface area contributed by atoms with E-state index in [-0.39, 0.29) is 0 Å². The maximum atomic E-state index is 6.05. The Hall–Kier alpha value is -2.62. The minimum Gasteiger partial charge on any atom is -0.336 e. The van der Waals surface area contributed by atoms with Crippen LogP contribution in [0.4, 0.5) is 0 Å². The van der Waals surface area contributed by atoms with Crippen molar-refractivity contribution in [2.45, 2.75) is 6.92 Å². The van der Waals surface area contributed by atoms with Gasteiger partial charge in [0.15, 0.2) is 11.6 Å². The van der Waals surface area contributed by atoms with Crippen LogP contribution < -0.4 is 5.84 Å². The van der Waals surface area contributed by atoms with E-state index >= 15 is 0 Å². The summed E-state index contributed by atoms with van der Waals surface area (Å²) in [5.41, 5.74) is 1.88. The molecule has 1 heterocycles. The summed E-state index contributed by atoms with van der Waals surface area (Å²) in [4.78, 5) is 0. The lowest BCUT2D eigenvalue weighted by Gasteiger charge is -2.03. The highest BCUT2D eigenvalue weighted by Crippen LogP contribution is 2.18. The fraction of sp³-hybridized carbons (Fsp3) is 0.0667. The molecule has 2 rings (SSSR count). The Morgan fingerprint density at radius 3 is 2.63 bits per heavy atom. The van der Waals surface area contributed by atoms with Crippen LogP contribution >= 0.6 is 0 Å². The molecule has 2 aromatic rings. The molecule has 0 atom stereocenters. The molecule has 0 spiro atoms. The molecule has 0 bridgehead atoms. The van der Waals surface area contributed by atoms with Gasteiger partial charge in [-0.05, 0) is 12.5 Å². The molecule has 0 fully saturated rings. The molecule has 1 aromatic carbocycles. The van der Waals surface area contributed by atoms with Crippen molar-refractivity contribution in [3.05, 3.63) is 67.0 Å². The van der Waals surface area contributed by atoms with Gasteiger partial charge < -0.3 is 5.84 Å². The van der Waals surface area contributed by atoms with Crippen molar-refractivity contribution in [3.8, 4) is 11.4 Å². The van der Waals surface area contributed by atoms with Gasteiger partial charge in [-0.3, -0.25) is 0 Å². The number of allylic oxidation sites excluding steroid dienone is 5. The third-order valence-electron chi connectivity index (χ3n) is 2.67. The molecule has 2 N–H and O–H groups in total. The second-order valence-electron chi connectivity index (χ2n) is 4.05. The maximum absolute atomic E-state index is 6.05. The largest absolute Gasteiger partial charge is 0.336 e. The number of benzene rings is 1. The summed E-state index contributed by atoms with van der Waals surface area (Å²) >= 11 is 0. The Kier molecular flexibility index (Phi) is 3.93. The van der Waals surface area contributed by atoms with E-state index in [0.29, 0.717) is 11.6 Å². The van der Waals surface area contributed by atoms with Gasteiger partial charge in [-0.2, -0.15) is 0 Å². The lowest BCUT2D eigenvalue weighted by molar-refractivity contribution is 0.974. The van der Waals surface area contributed by atoms with Gasteiger partial charge in [0, 0.05) is 5.56 Å². The first-order valence-electron chi connectivity index (χ1n) is 5.96. The van der Waals surface area contributed by atoms with Gasteiger partial charge in [0.05, 0.1) is 0 Å². The fourth-order valence-corrected chi connectivity index (χ4v) is 1.70. The van der Waals surface area contributed by atoms with Crippen LogP contribution in [0, 0.1) is 0 Å². The summed E-state index contributed by atoms with van der Waals surface area (Å²) in [5.74, 6) is 7.34. The fourth-order valence-electron chi connectivity index (χ4n) is 1.70. The third kappa shape index (κ3) is 2.80. The Labute approximate surface area is 112 Å². The summed E-state index contributed by atoms with van der Waals surface area (Å²) in [6.07, 6.45) is 7.37. The smallest absolute Gasteiger partial charge is 0.182 e. The molecule has 0 unspecified atom stereocenters. The minimum absolute atomic E-state index is 0.646. The summed E-state index contributed by atoms with van der Waals surface area (Å²) in [7, 11) is 0. The monoisotopic (exact) mass is 252 g/mol. The zero-order chi connectivity index (χ0) is 13.7. The molecule has 0 amide bonds. The van der Waals surface area contributed by atoms with Crippen LogP contribution in [0.25, 0.3) is 17.0 Å². The third-order valence-corrected chi connectivity index (χ3v) is 2.67. The highest BCUT2D eigenvalue weighted by atomic mass is 15.4. The number of nitrogens with zero attached hydrogens (tertiary/aromatic N) is 3. The van der Waals surface area contributed by atoms with Gasteiger partial charge in [0.1, 0.15) is 0 Å². The molecule has 0 radical (unpaired) electrons. The number of hydrogen-bond donors (Lipinski definition) is 1. The first kappa shape index (κ1) is 12.8. The van der Waals surface area contributed by atoms with Crippen molar-refractivity contribution in [1.29, 1.82) is 0 Å². The lowest BCUT2D eigenvalue weighted by atomic mass is 10.2. The van der Waals surface area contributed by atoms with Crippen molar-refractivity contribution in [2.24, 2.45) is 0 Å². The number of aromatic nitrogens is 3. The van der Waals surface area contributed by atoms with E-state index in [0.717, 1.165) is 11.1 Å². The van der Waals surface area contributed by atoms with Crippen molar-refractivity contribution < 1.29 is 0 Å². The van der Waals surface area contributed by atoms with E-state index < -0.39 is 0 Å². The Morgan fingerprint density at radius 1 is 1.21 bits per heavy atom. The first-order chi connectivity index (χ1) is 9.24. The topological polar surface area (TPSA) is 56.7 Å². The molecule has 4 nitrogen and oxygen atoms in total. The molecule has 96 valence electrons. The quantitative estimate of drug-likeness (QED) is 0.672. The number of nitrogen functional groups attached to an aromatic ring is 1. The molecule has 0 aliphatic carbocycles. The molecule has 0 aliphatic heterocycles. The number of nitrogens with two attached hydrogens (primary N) is 1. The predicted octanol–water partition coefficient (Wildman–Crippen LogP) is 2.80. The van der Waals surface area contributed by atoms with Gasteiger partial charge in [0.25, 0.3) is 0 Å². The molecule has 4 heteroatoms. The van der Waals surface area contributed by atoms with Gasteiger partial charge in [0.2, 0.25) is 0 Å². The van der Waals surface area contributed by atoms with Crippen LogP contribution in [0.1, 0.15) is 12.7 Å². The summed E-state index contributed by atoms with van der Waals surface area (Å²) in [6.45, 7) is 5.56. The second-order valence-corrected chi connectivity index (χ2v) is 4.05. The van der Waals surface area contributed by atoms with Crippen LogP contribution in [0.3, 0.4) is 0 Å². The van der Waals surface area contributed by atoms with E-state index in [4.69, 9.17) is 5.84 Å². The zero-order valence-corrected chi connectivity index (χ0v) is 10.8. The van der Waals surface area contributed by atoms with E-state index in [1.54, 1.807) is 6.08 Å². The maximum Gasteiger partial charge on any atom is 0.182 e. The van der Waals surface area contributed by atoms with Crippen LogP contribution in [0.2, 0.25) is 0 Å². The van der Waals surface area contributed by atoms with Crippen LogP contribution in [0.5, 0.6) is 0 Å². The summed E-state index contributed by atoms with van der Waals surface area (Å²) in [6, 6.07) is 9.74. The molecule has 19 heavy (non-hydrogen) atoms. The molecule has 0 saturated heterocycles. The van der Waals surface area contributed by atoms with Crippen LogP contribution in [-0.2, 0) is 0 Å². The Bertz CT molecular complexity index is 621. The Balaban J connectivity index is 2.36. The predicted molar refractivity (Wildman–Crippen MR) is 78.6 cm³/mol. The van der Waals surface area contributed by atoms with Gasteiger partial charge in [-0.15, -0.1) is 10.2 Å². The van der Waals surface area contributed by atoms with Crippen LogP contribution in [-0.4, -0.2) is 14.9 Å². The van der Waals surface area contributed by atoms with Gasteiger partial charge in [-0.1, -0.05) is 61.2 Å². The Morgan fingerprint density at radius 2 is 1.95 bits per heavy atom. The zero-order valence-electron chi connectivity index (χ0n) is 10.8. The van der Waals surface area contributed by atoms with Crippen molar-refractivity contribution in [1.82, 2.24) is 14.9 Å². The lowest BCUT2D eigenvalue weighted by Crippen LogP contribution is -2.13. The second kappa shape index (κ2) is 5.82. The summed E-state index contributed by atoms with van der Waals surface area (Å²) in [5, 5.41) is 8.27. The van der Waals surface area contributed by atoms with E-state index in [1.807, 2.05) is 55.5 Å². The molecule has 1 aromatic heterocycles. The standard InChI is InChI=1S/C15H16N4/c1-3-4-6-9-12(2)14-17-18-15(19(14)16)13-10-7-5-8-11-13/h3-11H,1,16H2,2H3/b6-4-,12-9+. The van der Waals surface area contributed by atoms with E-state index in [9.17, 15) is 0 Å². The number of rotatable bonds is 4. The SMILES string of the molecule is C=C/C=C\C=C(/C)c1nnc(-c2ccccc2)n1N. The first-order valence-corrected chi connectivity index (χ1v) is 5.96. The van der Waals surface area contributed by atoms with Crippen molar-refractivity contribution >= 4 is 5.57 Å². The average Bonchev–Trinajstić information content (AvgIpc) is 2.82. The van der Waals surface area contributed by atoms with Gasteiger partial charge >= 0.3 is 0 Å². The van der Waals surface area contributed by atoms with Crippen molar-refractivity contribution in [3.63, 3.8) is 0 Å². The van der Waals surface area contributed by atoms with Crippen LogP contribution in [0.15, 0.2) is 61.2 Å². The van der Waals surface area contributed by atoms with E-state index in [1.165, 1.54) is 4.68 Å². The highest BCUT2D eigenvalue weighted by Gasteiger charge is 2.11. The minimum atomic E-state index is 0.646. The van der Waals surface area contributed by atoms with Crippen molar-refractivity contribution in [2.75, 3.05) is 5.84 Å².